The summed E-state index contributed by atoms with van der Waals surface area (Å²) in [6, 6.07) is 2.47. The molecule has 84 valence electrons. The first-order valence-electron chi connectivity index (χ1n) is 5.27. The fraction of sp³-hybridized carbons (Fsp3) is 0.800. The number of hydrogen-bond acceptors (Lipinski definition) is 4. The van der Waals surface area contributed by atoms with Gasteiger partial charge in [0.2, 0.25) is 5.91 Å². The Morgan fingerprint density at radius 2 is 2.47 bits per heavy atom. The predicted octanol–water partition coefficient (Wildman–Crippen LogP) is 0.501. The molecule has 0 aromatic carbocycles. The van der Waals surface area contributed by atoms with Crippen LogP contribution >= 0.6 is 11.8 Å². The van der Waals surface area contributed by atoms with Crippen molar-refractivity contribution in [1.82, 2.24) is 10.6 Å². The Hall–Kier alpha value is -0.730. The zero-order valence-electron chi connectivity index (χ0n) is 8.79. The molecule has 0 spiro atoms. The second-order valence-corrected chi connectivity index (χ2v) is 4.70. The molecule has 4 nitrogen and oxygen atoms in total. The molecule has 0 radical (unpaired) electrons. The standard InChI is InChI=1S/C10H17N3OS/c11-4-2-5-12-10(14)7-13-9-3-1-6-15-8-9/h9,13H,1-3,5-8H2,(H,12,14). The van der Waals surface area contributed by atoms with E-state index >= 15 is 0 Å². The number of amides is 1. The van der Waals surface area contributed by atoms with Gasteiger partial charge in [0.05, 0.1) is 19.0 Å². The summed E-state index contributed by atoms with van der Waals surface area (Å²) >= 11 is 1.94. The Bertz CT molecular complexity index is 233. The average molecular weight is 227 g/mol. The van der Waals surface area contributed by atoms with Crippen molar-refractivity contribution in [2.45, 2.75) is 25.3 Å². The van der Waals surface area contributed by atoms with Gasteiger partial charge in [0, 0.05) is 18.3 Å². The summed E-state index contributed by atoms with van der Waals surface area (Å²) in [7, 11) is 0. The van der Waals surface area contributed by atoms with Crippen LogP contribution in [0.5, 0.6) is 0 Å². The quantitative estimate of drug-likeness (QED) is 0.671. The Kier molecular flexibility index (Phi) is 6.21. The van der Waals surface area contributed by atoms with Crippen molar-refractivity contribution in [3.8, 4) is 6.07 Å². The van der Waals surface area contributed by atoms with E-state index in [0.29, 0.717) is 25.6 Å². The largest absolute Gasteiger partial charge is 0.354 e. The van der Waals surface area contributed by atoms with E-state index in [4.69, 9.17) is 5.26 Å². The first-order chi connectivity index (χ1) is 7.33. The maximum absolute atomic E-state index is 11.3. The van der Waals surface area contributed by atoms with E-state index < -0.39 is 0 Å². The van der Waals surface area contributed by atoms with Crippen LogP contribution in [-0.4, -0.2) is 36.5 Å². The molecular formula is C10H17N3OS. The van der Waals surface area contributed by atoms with Gasteiger partial charge in [-0.3, -0.25) is 4.79 Å². The van der Waals surface area contributed by atoms with Crippen molar-refractivity contribution in [2.24, 2.45) is 0 Å². The monoisotopic (exact) mass is 227 g/mol. The topological polar surface area (TPSA) is 64.9 Å². The molecule has 1 unspecified atom stereocenters. The van der Waals surface area contributed by atoms with Gasteiger partial charge in [-0.25, -0.2) is 0 Å². The van der Waals surface area contributed by atoms with Crippen molar-refractivity contribution in [3.05, 3.63) is 0 Å². The lowest BCUT2D eigenvalue weighted by Crippen LogP contribution is -2.41. The molecule has 1 aliphatic rings. The molecule has 1 fully saturated rings. The van der Waals surface area contributed by atoms with Crippen LogP contribution in [0.1, 0.15) is 19.3 Å². The van der Waals surface area contributed by atoms with Crippen LogP contribution in [0.25, 0.3) is 0 Å². The highest BCUT2D eigenvalue weighted by atomic mass is 32.2. The highest BCUT2D eigenvalue weighted by molar-refractivity contribution is 7.99. The number of nitrogens with one attached hydrogen (secondary N) is 2. The maximum atomic E-state index is 11.3. The summed E-state index contributed by atoms with van der Waals surface area (Å²) in [5.41, 5.74) is 0. The Labute approximate surface area is 94.8 Å². The lowest BCUT2D eigenvalue weighted by molar-refractivity contribution is -0.120. The normalized spacial score (nSPS) is 20.6. The van der Waals surface area contributed by atoms with Crippen LogP contribution in [-0.2, 0) is 4.79 Å². The van der Waals surface area contributed by atoms with Gasteiger partial charge in [-0.2, -0.15) is 17.0 Å². The minimum absolute atomic E-state index is 0.0131. The zero-order valence-corrected chi connectivity index (χ0v) is 9.61. The second-order valence-electron chi connectivity index (χ2n) is 3.55. The molecule has 0 aromatic rings. The summed E-state index contributed by atoms with van der Waals surface area (Å²) in [6.45, 7) is 0.826. The molecule has 15 heavy (non-hydrogen) atoms. The summed E-state index contributed by atoms with van der Waals surface area (Å²) in [6.07, 6.45) is 2.78. The van der Waals surface area contributed by atoms with Gasteiger partial charge in [0.25, 0.3) is 0 Å². The molecule has 0 aromatic heterocycles. The van der Waals surface area contributed by atoms with Gasteiger partial charge in [-0.15, -0.1) is 0 Å². The molecule has 0 bridgehead atoms. The predicted molar refractivity (Wildman–Crippen MR) is 61.6 cm³/mol. The van der Waals surface area contributed by atoms with E-state index in [1.54, 1.807) is 0 Å². The van der Waals surface area contributed by atoms with E-state index in [1.807, 2.05) is 17.8 Å². The summed E-state index contributed by atoms with van der Waals surface area (Å²) in [5.74, 6) is 2.33. The minimum atomic E-state index is -0.0131. The molecule has 2 N–H and O–H groups in total. The zero-order chi connectivity index (χ0) is 10.9. The van der Waals surface area contributed by atoms with Gasteiger partial charge >= 0.3 is 0 Å². The molecule has 1 saturated heterocycles. The van der Waals surface area contributed by atoms with Gasteiger partial charge in [-0.1, -0.05) is 0 Å². The van der Waals surface area contributed by atoms with Crippen LogP contribution in [0.15, 0.2) is 0 Å². The fourth-order valence-electron chi connectivity index (χ4n) is 1.46. The van der Waals surface area contributed by atoms with Gasteiger partial charge in [0.15, 0.2) is 0 Å². The molecular weight excluding hydrogens is 210 g/mol. The number of nitrogens with zero attached hydrogens (tertiary/aromatic N) is 1. The third-order valence-electron chi connectivity index (χ3n) is 2.27. The lowest BCUT2D eigenvalue weighted by atomic mass is 10.2. The fourth-order valence-corrected chi connectivity index (χ4v) is 2.57. The highest BCUT2D eigenvalue weighted by Crippen LogP contribution is 2.16. The molecule has 1 heterocycles. The summed E-state index contributed by atoms with van der Waals surface area (Å²) in [5, 5.41) is 14.2. The summed E-state index contributed by atoms with van der Waals surface area (Å²) in [4.78, 5) is 11.3. The third kappa shape index (κ3) is 5.65. The van der Waals surface area contributed by atoms with E-state index in [9.17, 15) is 4.79 Å². The number of rotatable bonds is 5. The molecule has 1 amide bonds. The number of hydrogen-bond donors (Lipinski definition) is 2. The van der Waals surface area contributed by atoms with Crippen molar-refractivity contribution >= 4 is 17.7 Å². The molecule has 1 atom stereocenters. The van der Waals surface area contributed by atoms with Gasteiger partial charge < -0.3 is 10.6 Å². The first kappa shape index (κ1) is 12.3. The molecule has 1 aliphatic heterocycles. The van der Waals surface area contributed by atoms with E-state index in [0.717, 1.165) is 5.75 Å². The van der Waals surface area contributed by atoms with E-state index in [2.05, 4.69) is 10.6 Å². The Morgan fingerprint density at radius 1 is 1.60 bits per heavy atom. The van der Waals surface area contributed by atoms with Crippen LogP contribution in [0, 0.1) is 11.3 Å². The molecule has 1 rings (SSSR count). The molecule has 5 heteroatoms. The smallest absolute Gasteiger partial charge is 0.233 e. The summed E-state index contributed by atoms with van der Waals surface area (Å²) < 4.78 is 0. The van der Waals surface area contributed by atoms with Crippen LogP contribution < -0.4 is 10.6 Å². The average Bonchev–Trinajstić information content (AvgIpc) is 2.28. The van der Waals surface area contributed by atoms with Crippen molar-refractivity contribution in [2.75, 3.05) is 24.6 Å². The van der Waals surface area contributed by atoms with Crippen molar-refractivity contribution in [3.63, 3.8) is 0 Å². The van der Waals surface area contributed by atoms with Crippen LogP contribution in [0.2, 0.25) is 0 Å². The number of carbonyl (C=O) groups is 1. The van der Waals surface area contributed by atoms with Crippen LogP contribution in [0.3, 0.4) is 0 Å². The maximum Gasteiger partial charge on any atom is 0.233 e. The number of nitriles is 1. The molecule has 0 aliphatic carbocycles. The lowest BCUT2D eigenvalue weighted by Gasteiger charge is -2.22. The Balaban J connectivity index is 2.03. The number of carbonyl (C=O) groups excluding carboxylic acids is 1. The van der Waals surface area contributed by atoms with Gasteiger partial charge in [0.1, 0.15) is 0 Å². The second kappa shape index (κ2) is 7.55. The van der Waals surface area contributed by atoms with Gasteiger partial charge in [-0.05, 0) is 18.6 Å². The number of thioether (sulfide) groups is 1. The third-order valence-corrected chi connectivity index (χ3v) is 3.49. The van der Waals surface area contributed by atoms with E-state index in [-0.39, 0.29) is 5.91 Å². The van der Waals surface area contributed by atoms with E-state index in [1.165, 1.54) is 18.6 Å². The Morgan fingerprint density at radius 3 is 3.13 bits per heavy atom. The highest BCUT2D eigenvalue weighted by Gasteiger charge is 2.13. The van der Waals surface area contributed by atoms with Crippen molar-refractivity contribution in [1.29, 1.82) is 5.26 Å². The molecule has 0 saturated carbocycles. The SMILES string of the molecule is N#CCCNC(=O)CNC1CCCSC1. The van der Waals surface area contributed by atoms with Crippen molar-refractivity contribution < 1.29 is 4.79 Å². The minimum Gasteiger partial charge on any atom is -0.354 e. The van der Waals surface area contributed by atoms with Crippen LogP contribution in [0.4, 0.5) is 0 Å². The first-order valence-corrected chi connectivity index (χ1v) is 6.43.